The molecular formula is C19H14Cl2N2O2S. The minimum absolute atomic E-state index is 0.203. The van der Waals surface area contributed by atoms with E-state index in [2.05, 4.69) is 16.9 Å². The third-order valence-electron chi connectivity index (χ3n) is 3.33. The maximum absolute atomic E-state index is 12.2. The number of thioether (sulfide) groups is 1. The number of hydrogen-bond acceptors (Lipinski definition) is 4. The fraction of sp³-hybridized carbons (Fsp3) is 0.0526. The highest BCUT2D eigenvalue weighted by Gasteiger charge is 2.24. The van der Waals surface area contributed by atoms with Crippen molar-refractivity contribution in [3.8, 4) is 5.75 Å². The second-order valence-corrected chi connectivity index (χ2v) is 7.12. The van der Waals surface area contributed by atoms with Crippen LogP contribution in [0, 0.1) is 0 Å². The maximum Gasteiger partial charge on any atom is 0.264 e. The summed E-state index contributed by atoms with van der Waals surface area (Å²) >= 11 is 13.2. The van der Waals surface area contributed by atoms with E-state index in [0.717, 1.165) is 11.3 Å². The number of ether oxygens (including phenoxy) is 1. The zero-order valence-electron chi connectivity index (χ0n) is 13.5. The number of amides is 1. The molecule has 0 saturated carbocycles. The van der Waals surface area contributed by atoms with Crippen molar-refractivity contribution in [1.82, 2.24) is 5.32 Å². The van der Waals surface area contributed by atoms with Crippen molar-refractivity contribution in [2.45, 2.75) is 0 Å². The Balaban J connectivity index is 1.75. The molecule has 1 fully saturated rings. The van der Waals surface area contributed by atoms with Gasteiger partial charge in [-0.3, -0.25) is 4.79 Å². The number of nitrogens with zero attached hydrogens (tertiary/aromatic N) is 1. The highest BCUT2D eigenvalue weighted by Crippen LogP contribution is 2.32. The Kier molecular flexibility index (Phi) is 6.04. The molecule has 1 heterocycles. The Labute approximate surface area is 165 Å². The predicted octanol–water partition coefficient (Wildman–Crippen LogP) is 5.45. The summed E-state index contributed by atoms with van der Waals surface area (Å²) in [6.07, 6.45) is 3.48. The highest BCUT2D eigenvalue weighted by molar-refractivity contribution is 8.18. The van der Waals surface area contributed by atoms with Gasteiger partial charge in [0.25, 0.3) is 5.91 Å². The fourth-order valence-electron chi connectivity index (χ4n) is 2.13. The summed E-state index contributed by atoms with van der Waals surface area (Å²) in [4.78, 5) is 17.1. The van der Waals surface area contributed by atoms with Crippen molar-refractivity contribution in [3.63, 3.8) is 0 Å². The number of halogens is 2. The van der Waals surface area contributed by atoms with Crippen LogP contribution in [-0.2, 0) is 4.79 Å². The zero-order valence-corrected chi connectivity index (χ0v) is 15.9. The standard InChI is InChI=1S/C19H14Cl2N2O2S/c1-2-9-25-14-6-3-12(4-7-14)10-17-18(24)23-19(26-17)22-16-8-5-13(20)11-15(16)21/h2-8,10-11H,1,9H2,(H,22,23,24). The molecule has 0 aromatic heterocycles. The predicted molar refractivity (Wildman–Crippen MR) is 109 cm³/mol. The molecule has 4 nitrogen and oxygen atoms in total. The summed E-state index contributed by atoms with van der Waals surface area (Å²) in [5, 5.41) is 4.16. The Morgan fingerprint density at radius 2 is 1.96 bits per heavy atom. The molecule has 0 aliphatic carbocycles. The summed E-state index contributed by atoms with van der Waals surface area (Å²) in [5.74, 6) is 0.543. The summed E-state index contributed by atoms with van der Waals surface area (Å²) in [5.41, 5.74) is 1.43. The quantitative estimate of drug-likeness (QED) is 0.532. The molecule has 3 rings (SSSR count). The fourth-order valence-corrected chi connectivity index (χ4v) is 3.41. The SMILES string of the molecule is C=CCOc1ccc(C=C2SC(=Nc3ccc(Cl)cc3Cl)NC2=O)cc1. The number of hydrogen-bond donors (Lipinski definition) is 1. The van der Waals surface area contributed by atoms with Gasteiger partial charge in [0.15, 0.2) is 5.17 Å². The summed E-state index contributed by atoms with van der Waals surface area (Å²) in [6, 6.07) is 12.5. The van der Waals surface area contributed by atoms with Crippen molar-refractivity contribution in [1.29, 1.82) is 0 Å². The average Bonchev–Trinajstić information content (AvgIpc) is 2.96. The van der Waals surface area contributed by atoms with Gasteiger partial charge in [-0.1, -0.05) is 48.0 Å². The minimum atomic E-state index is -0.203. The van der Waals surface area contributed by atoms with Gasteiger partial charge in [-0.05, 0) is 53.7 Å². The van der Waals surface area contributed by atoms with Crippen molar-refractivity contribution >= 4 is 57.8 Å². The number of amidine groups is 1. The maximum atomic E-state index is 12.2. The first-order chi connectivity index (χ1) is 12.5. The monoisotopic (exact) mass is 404 g/mol. The van der Waals surface area contributed by atoms with Gasteiger partial charge in [0.2, 0.25) is 0 Å². The second kappa shape index (κ2) is 8.45. The largest absolute Gasteiger partial charge is 0.490 e. The third kappa shape index (κ3) is 4.69. The first kappa shape index (κ1) is 18.6. The van der Waals surface area contributed by atoms with Gasteiger partial charge < -0.3 is 10.1 Å². The molecule has 2 aromatic carbocycles. The Morgan fingerprint density at radius 1 is 1.19 bits per heavy atom. The number of benzene rings is 2. The van der Waals surface area contributed by atoms with Crippen LogP contribution < -0.4 is 10.1 Å². The van der Waals surface area contributed by atoms with E-state index in [-0.39, 0.29) is 5.91 Å². The first-order valence-corrected chi connectivity index (χ1v) is 9.21. The van der Waals surface area contributed by atoms with Crippen LogP contribution >= 0.6 is 35.0 Å². The van der Waals surface area contributed by atoms with Crippen LogP contribution in [0.15, 0.2) is 65.0 Å². The summed E-state index contributed by atoms with van der Waals surface area (Å²) in [6.45, 7) is 4.06. The molecule has 0 unspecified atom stereocenters. The Morgan fingerprint density at radius 3 is 2.65 bits per heavy atom. The van der Waals surface area contributed by atoms with Gasteiger partial charge in [0.05, 0.1) is 15.6 Å². The molecule has 1 saturated heterocycles. The number of aliphatic imine (C=N–C) groups is 1. The molecule has 0 bridgehead atoms. The molecule has 1 N–H and O–H groups in total. The molecule has 1 amide bonds. The number of carbonyl (C=O) groups is 1. The van der Waals surface area contributed by atoms with E-state index in [1.54, 1.807) is 30.4 Å². The number of rotatable bonds is 5. The molecule has 0 spiro atoms. The Bertz CT molecular complexity index is 908. The van der Waals surface area contributed by atoms with E-state index in [9.17, 15) is 4.79 Å². The van der Waals surface area contributed by atoms with Gasteiger partial charge in [-0.25, -0.2) is 4.99 Å². The zero-order chi connectivity index (χ0) is 18.5. The average molecular weight is 405 g/mol. The van der Waals surface area contributed by atoms with E-state index in [0.29, 0.717) is 32.4 Å². The van der Waals surface area contributed by atoms with E-state index in [1.165, 1.54) is 11.8 Å². The number of carbonyl (C=O) groups excluding carboxylic acids is 1. The van der Waals surface area contributed by atoms with Crippen LogP contribution in [0.5, 0.6) is 5.75 Å². The Hall–Kier alpha value is -2.21. The lowest BCUT2D eigenvalue weighted by molar-refractivity contribution is -0.115. The van der Waals surface area contributed by atoms with Gasteiger partial charge in [-0.2, -0.15) is 0 Å². The van der Waals surface area contributed by atoms with Gasteiger partial charge in [0, 0.05) is 5.02 Å². The minimum Gasteiger partial charge on any atom is -0.490 e. The van der Waals surface area contributed by atoms with E-state index >= 15 is 0 Å². The normalized spacial score (nSPS) is 16.8. The van der Waals surface area contributed by atoms with Crippen LogP contribution in [0.25, 0.3) is 6.08 Å². The molecule has 26 heavy (non-hydrogen) atoms. The van der Waals surface area contributed by atoms with E-state index in [1.807, 2.05) is 24.3 Å². The molecule has 0 radical (unpaired) electrons. The van der Waals surface area contributed by atoms with Crippen LogP contribution in [-0.4, -0.2) is 17.7 Å². The summed E-state index contributed by atoms with van der Waals surface area (Å²) < 4.78 is 5.44. The van der Waals surface area contributed by atoms with Crippen molar-refractivity contribution in [2.75, 3.05) is 6.61 Å². The molecule has 1 aliphatic rings. The second-order valence-electron chi connectivity index (χ2n) is 5.25. The number of nitrogens with one attached hydrogen (secondary N) is 1. The smallest absolute Gasteiger partial charge is 0.264 e. The van der Waals surface area contributed by atoms with Crippen LogP contribution in [0.1, 0.15) is 5.56 Å². The van der Waals surface area contributed by atoms with Gasteiger partial charge in [0.1, 0.15) is 12.4 Å². The molecule has 2 aromatic rings. The van der Waals surface area contributed by atoms with Crippen molar-refractivity contribution in [3.05, 3.63) is 75.6 Å². The molecule has 7 heteroatoms. The van der Waals surface area contributed by atoms with Gasteiger partial charge in [-0.15, -0.1) is 0 Å². The third-order valence-corrected chi connectivity index (χ3v) is 4.78. The van der Waals surface area contributed by atoms with Crippen LogP contribution in [0.2, 0.25) is 10.0 Å². The van der Waals surface area contributed by atoms with E-state index < -0.39 is 0 Å². The molecule has 132 valence electrons. The van der Waals surface area contributed by atoms with Gasteiger partial charge >= 0.3 is 0 Å². The first-order valence-electron chi connectivity index (χ1n) is 7.63. The molecular weight excluding hydrogens is 391 g/mol. The lowest BCUT2D eigenvalue weighted by Crippen LogP contribution is -2.19. The van der Waals surface area contributed by atoms with Crippen LogP contribution in [0.4, 0.5) is 5.69 Å². The van der Waals surface area contributed by atoms with Crippen molar-refractivity contribution < 1.29 is 9.53 Å². The summed E-state index contributed by atoms with van der Waals surface area (Å²) in [7, 11) is 0. The molecule has 1 aliphatic heterocycles. The highest BCUT2D eigenvalue weighted by atomic mass is 35.5. The van der Waals surface area contributed by atoms with Crippen molar-refractivity contribution in [2.24, 2.45) is 4.99 Å². The van der Waals surface area contributed by atoms with Crippen LogP contribution in [0.3, 0.4) is 0 Å². The van der Waals surface area contributed by atoms with E-state index in [4.69, 9.17) is 27.9 Å². The lowest BCUT2D eigenvalue weighted by Gasteiger charge is -2.03. The molecule has 0 atom stereocenters. The topological polar surface area (TPSA) is 50.7 Å². The lowest BCUT2D eigenvalue weighted by atomic mass is 10.2.